The van der Waals surface area contributed by atoms with Gasteiger partial charge in [0.05, 0.1) is 13.7 Å². The highest BCUT2D eigenvalue weighted by atomic mass is 35.5. The van der Waals surface area contributed by atoms with E-state index < -0.39 is 16.1 Å². The van der Waals surface area contributed by atoms with Crippen LogP contribution in [0.3, 0.4) is 0 Å². The van der Waals surface area contributed by atoms with Gasteiger partial charge in [0.2, 0.25) is 10.0 Å². The summed E-state index contributed by atoms with van der Waals surface area (Å²) in [6, 6.07) is 3.66. The zero-order valence-electron chi connectivity index (χ0n) is 9.47. The maximum absolute atomic E-state index is 11.9. The van der Waals surface area contributed by atoms with Crippen molar-refractivity contribution >= 4 is 21.6 Å². The fourth-order valence-corrected chi connectivity index (χ4v) is 2.78. The molecule has 1 rings (SSSR count). The van der Waals surface area contributed by atoms with E-state index >= 15 is 0 Å². The first-order valence-electron chi connectivity index (χ1n) is 4.87. The molecule has 0 bridgehead atoms. The maximum Gasteiger partial charge on any atom is 0.244 e. The van der Waals surface area contributed by atoms with E-state index in [1.54, 1.807) is 6.92 Å². The Kier molecular flexibility index (Phi) is 4.76. The third kappa shape index (κ3) is 3.57. The molecule has 7 heteroatoms. The van der Waals surface area contributed by atoms with E-state index in [1.807, 2.05) is 0 Å². The molecule has 1 aromatic carbocycles. The number of methoxy groups -OCH3 is 1. The number of hydrogen-bond donors (Lipinski definition) is 2. The monoisotopic (exact) mass is 279 g/mol. The predicted molar refractivity (Wildman–Crippen MR) is 64.9 cm³/mol. The molecule has 0 aliphatic rings. The molecule has 0 radical (unpaired) electrons. The first-order valence-corrected chi connectivity index (χ1v) is 6.73. The Bertz CT molecular complexity index is 489. The van der Waals surface area contributed by atoms with Crippen molar-refractivity contribution in [3.05, 3.63) is 23.2 Å². The molecule has 0 aromatic heterocycles. The molecule has 0 heterocycles. The summed E-state index contributed by atoms with van der Waals surface area (Å²) in [4.78, 5) is -0.00954. The van der Waals surface area contributed by atoms with Crippen molar-refractivity contribution in [3.8, 4) is 5.75 Å². The predicted octanol–water partition coefficient (Wildman–Crippen LogP) is 1.01. The van der Waals surface area contributed by atoms with Crippen molar-refractivity contribution in [3.63, 3.8) is 0 Å². The molecule has 1 atom stereocenters. The van der Waals surface area contributed by atoms with Crippen LogP contribution in [0.15, 0.2) is 23.1 Å². The number of benzene rings is 1. The molecule has 96 valence electrons. The summed E-state index contributed by atoms with van der Waals surface area (Å²) in [5.41, 5.74) is 0. The van der Waals surface area contributed by atoms with E-state index in [0.717, 1.165) is 0 Å². The van der Waals surface area contributed by atoms with Crippen LogP contribution in [0.1, 0.15) is 6.92 Å². The van der Waals surface area contributed by atoms with E-state index in [1.165, 1.54) is 25.3 Å². The molecule has 0 saturated heterocycles. The van der Waals surface area contributed by atoms with Crippen LogP contribution in [-0.2, 0) is 10.0 Å². The van der Waals surface area contributed by atoms with Gasteiger partial charge in [0.25, 0.3) is 0 Å². The van der Waals surface area contributed by atoms with Crippen molar-refractivity contribution in [1.29, 1.82) is 0 Å². The minimum absolute atomic E-state index is 0.00954. The molecule has 17 heavy (non-hydrogen) atoms. The molecule has 0 spiro atoms. The third-order valence-corrected chi connectivity index (χ3v) is 3.91. The van der Waals surface area contributed by atoms with Crippen LogP contribution in [0, 0.1) is 0 Å². The molecule has 0 aliphatic carbocycles. The van der Waals surface area contributed by atoms with E-state index in [0.29, 0.717) is 5.02 Å². The first-order chi connectivity index (χ1) is 7.90. The summed E-state index contributed by atoms with van der Waals surface area (Å²) in [5.74, 6) is 0.162. The Balaban J connectivity index is 3.15. The smallest absolute Gasteiger partial charge is 0.244 e. The number of aliphatic hydroxyl groups excluding tert-OH is 1. The van der Waals surface area contributed by atoms with E-state index in [2.05, 4.69) is 4.72 Å². The number of ether oxygens (including phenoxy) is 1. The first kappa shape index (κ1) is 14.2. The zero-order chi connectivity index (χ0) is 13.1. The number of halogens is 1. The van der Waals surface area contributed by atoms with Crippen molar-refractivity contribution in [2.45, 2.75) is 17.9 Å². The quantitative estimate of drug-likeness (QED) is 0.843. The number of rotatable bonds is 5. The SMILES string of the molecule is COc1cc(Cl)ccc1S(=O)(=O)N[C@H](C)CO. The highest BCUT2D eigenvalue weighted by molar-refractivity contribution is 7.89. The molecule has 0 unspecified atom stereocenters. The molecular formula is C10H14ClNO4S. The maximum atomic E-state index is 11.9. The number of sulfonamides is 1. The van der Waals surface area contributed by atoms with Crippen LogP contribution in [0.4, 0.5) is 0 Å². The van der Waals surface area contributed by atoms with Crippen molar-refractivity contribution in [1.82, 2.24) is 4.72 Å². The fourth-order valence-electron chi connectivity index (χ4n) is 1.23. The van der Waals surface area contributed by atoms with Crippen molar-refractivity contribution in [2.75, 3.05) is 13.7 Å². The Morgan fingerprint density at radius 1 is 1.53 bits per heavy atom. The van der Waals surface area contributed by atoms with Crippen LogP contribution in [0.25, 0.3) is 0 Å². The molecule has 2 N–H and O–H groups in total. The molecule has 5 nitrogen and oxygen atoms in total. The standard InChI is InChI=1S/C10H14ClNO4S/c1-7(6-13)12-17(14,15)10-4-3-8(11)5-9(10)16-2/h3-5,7,12-13H,6H2,1-2H3/t7-/m1/s1. The van der Waals surface area contributed by atoms with Gasteiger partial charge < -0.3 is 9.84 Å². The Morgan fingerprint density at radius 3 is 2.71 bits per heavy atom. The minimum atomic E-state index is -3.72. The van der Waals surface area contributed by atoms with Crippen LogP contribution >= 0.6 is 11.6 Å². The molecule has 0 amide bonds. The highest BCUT2D eigenvalue weighted by Gasteiger charge is 2.21. The van der Waals surface area contributed by atoms with E-state index in [9.17, 15) is 8.42 Å². The molecule has 0 saturated carbocycles. The van der Waals surface area contributed by atoms with Gasteiger partial charge in [-0.2, -0.15) is 0 Å². The van der Waals surface area contributed by atoms with Crippen molar-refractivity contribution < 1.29 is 18.3 Å². The van der Waals surface area contributed by atoms with E-state index in [4.69, 9.17) is 21.4 Å². The van der Waals surface area contributed by atoms with Gasteiger partial charge >= 0.3 is 0 Å². The summed E-state index contributed by atoms with van der Waals surface area (Å²) in [5, 5.41) is 9.22. The van der Waals surface area contributed by atoms with Gasteiger partial charge in [-0.1, -0.05) is 11.6 Å². The van der Waals surface area contributed by atoms with Gasteiger partial charge in [-0.25, -0.2) is 13.1 Å². The number of hydrogen-bond acceptors (Lipinski definition) is 4. The summed E-state index contributed by atoms with van der Waals surface area (Å²) < 4.78 is 31.2. The Hall–Kier alpha value is -0.820. The Morgan fingerprint density at radius 2 is 2.18 bits per heavy atom. The van der Waals surface area contributed by atoms with Gasteiger partial charge in [0.1, 0.15) is 10.6 Å². The topological polar surface area (TPSA) is 75.6 Å². The van der Waals surface area contributed by atoms with Gasteiger partial charge in [-0.3, -0.25) is 0 Å². The summed E-state index contributed by atoms with van der Waals surface area (Å²) >= 11 is 5.74. The van der Waals surface area contributed by atoms with E-state index in [-0.39, 0.29) is 17.3 Å². The lowest BCUT2D eigenvalue weighted by molar-refractivity contribution is 0.265. The average Bonchev–Trinajstić information content (AvgIpc) is 2.27. The fraction of sp³-hybridized carbons (Fsp3) is 0.400. The number of aliphatic hydroxyl groups is 1. The van der Waals surface area contributed by atoms with Crippen LogP contribution in [0.5, 0.6) is 5.75 Å². The molecule has 0 aliphatic heterocycles. The summed E-state index contributed by atoms with van der Waals surface area (Å²) in [6.45, 7) is 1.27. The normalized spacial score (nSPS) is 13.4. The Labute approximate surface area is 105 Å². The van der Waals surface area contributed by atoms with Gasteiger partial charge in [0, 0.05) is 17.1 Å². The average molecular weight is 280 g/mol. The van der Waals surface area contributed by atoms with Crippen LogP contribution in [0.2, 0.25) is 5.02 Å². The summed E-state index contributed by atoms with van der Waals surface area (Å²) in [7, 11) is -2.36. The van der Waals surface area contributed by atoms with Crippen LogP contribution < -0.4 is 9.46 Å². The molecular weight excluding hydrogens is 266 g/mol. The minimum Gasteiger partial charge on any atom is -0.495 e. The second-order valence-corrected chi connectivity index (χ2v) is 5.62. The molecule has 0 fully saturated rings. The lowest BCUT2D eigenvalue weighted by Crippen LogP contribution is -2.35. The second-order valence-electron chi connectivity index (χ2n) is 3.50. The van der Waals surface area contributed by atoms with Gasteiger partial charge in [-0.05, 0) is 19.1 Å². The van der Waals surface area contributed by atoms with Crippen LogP contribution in [-0.4, -0.2) is 33.3 Å². The molecule has 1 aromatic rings. The third-order valence-electron chi connectivity index (χ3n) is 2.05. The van der Waals surface area contributed by atoms with Gasteiger partial charge in [0.15, 0.2) is 0 Å². The highest BCUT2D eigenvalue weighted by Crippen LogP contribution is 2.27. The lowest BCUT2D eigenvalue weighted by atomic mass is 10.3. The van der Waals surface area contributed by atoms with Gasteiger partial charge in [-0.15, -0.1) is 0 Å². The summed E-state index contributed by atoms with van der Waals surface area (Å²) in [6.07, 6.45) is 0. The second kappa shape index (κ2) is 5.68. The lowest BCUT2D eigenvalue weighted by Gasteiger charge is -2.14. The van der Waals surface area contributed by atoms with Crippen molar-refractivity contribution in [2.24, 2.45) is 0 Å². The number of nitrogens with one attached hydrogen (secondary N) is 1. The largest absolute Gasteiger partial charge is 0.495 e. The zero-order valence-corrected chi connectivity index (χ0v) is 11.0.